The maximum Gasteiger partial charge on any atom is 0.248 e. The number of piperidine rings is 1. The number of carbonyl (C=O) groups excluding carboxylic acids is 1. The molecule has 1 rings (SSSR count). The predicted octanol–water partition coefficient (Wildman–Crippen LogP) is 2.62. The Hall–Kier alpha value is -0.610. The molecular weight excluding hydrogens is 252 g/mol. The van der Waals surface area contributed by atoms with Crippen molar-refractivity contribution in [1.82, 2.24) is 10.6 Å². The van der Waals surface area contributed by atoms with Gasteiger partial charge < -0.3 is 15.4 Å². The summed E-state index contributed by atoms with van der Waals surface area (Å²) in [7, 11) is 0. The quantitative estimate of drug-likeness (QED) is 0.674. The molecule has 0 saturated carbocycles. The third kappa shape index (κ3) is 5.80. The average Bonchev–Trinajstić information content (AvgIpc) is 2.45. The Labute approximate surface area is 124 Å². The lowest BCUT2D eigenvalue weighted by Gasteiger charge is -2.36. The van der Waals surface area contributed by atoms with E-state index in [-0.39, 0.29) is 18.1 Å². The Balaban J connectivity index is 2.32. The highest BCUT2D eigenvalue weighted by Gasteiger charge is 2.30. The van der Waals surface area contributed by atoms with Gasteiger partial charge in [0.15, 0.2) is 0 Å². The second kappa shape index (κ2) is 9.35. The number of rotatable bonds is 8. The van der Waals surface area contributed by atoms with Crippen LogP contribution in [0.5, 0.6) is 0 Å². The van der Waals surface area contributed by atoms with Crippen molar-refractivity contribution in [3.05, 3.63) is 0 Å². The first-order valence-electron chi connectivity index (χ1n) is 8.27. The van der Waals surface area contributed by atoms with Gasteiger partial charge in [0, 0.05) is 18.6 Å². The molecular formula is C16H32N2O2. The summed E-state index contributed by atoms with van der Waals surface area (Å²) in [6, 6.07) is 0.923. The van der Waals surface area contributed by atoms with Crippen LogP contribution in [0, 0.1) is 0 Å². The smallest absolute Gasteiger partial charge is 0.248 e. The van der Waals surface area contributed by atoms with E-state index in [1.54, 1.807) is 0 Å². The van der Waals surface area contributed by atoms with Crippen LogP contribution in [0.4, 0.5) is 0 Å². The number of hydrogen-bond donors (Lipinski definition) is 2. The minimum absolute atomic E-state index is 0.0228. The zero-order valence-electron chi connectivity index (χ0n) is 13.6. The van der Waals surface area contributed by atoms with E-state index >= 15 is 0 Å². The van der Waals surface area contributed by atoms with Gasteiger partial charge in [-0.2, -0.15) is 0 Å². The summed E-state index contributed by atoms with van der Waals surface area (Å²) in [5, 5.41) is 6.53. The van der Waals surface area contributed by atoms with Crippen molar-refractivity contribution in [2.75, 3.05) is 6.54 Å². The molecule has 2 N–H and O–H groups in total. The lowest BCUT2D eigenvalue weighted by molar-refractivity contribution is -0.138. The van der Waals surface area contributed by atoms with E-state index in [0.29, 0.717) is 12.1 Å². The second-order valence-corrected chi connectivity index (χ2v) is 5.97. The van der Waals surface area contributed by atoms with Gasteiger partial charge in [-0.15, -0.1) is 0 Å². The van der Waals surface area contributed by atoms with Crippen molar-refractivity contribution in [2.24, 2.45) is 0 Å². The third-order valence-electron chi connectivity index (χ3n) is 4.10. The third-order valence-corrected chi connectivity index (χ3v) is 4.10. The largest absolute Gasteiger partial charge is 0.364 e. The lowest BCUT2D eigenvalue weighted by Crippen LogP contribution is -2.52. The summed E-state index contributed by atoms with van der Waals surface area (Å²) in [5.41, 5.74) is 0. The number of ether oxygens (including phenoxy) is 1. The van der Waals surface area contributed by atoms with Crippen molar-refractivity contribution in [2.45, 2.75) is 90.5 Å². The molecule has 1 fully saturated rings. The highest BCUT2D eigenvalue weighted by molar-refractivity contribution is 5.80. The number of carbonyl (C=O) groups is 1. The van der Waals surface area contributed by atoms with Gasteiger partial charge in [0.05, 0.1) is 6.10 Å². The zero-order chi connectivity index (χ0) is 15.0. The molecule has 1 aliphatic rings. The van der Waals surface area contributed by atoms with Crippen molar-refractivity contribution >= 4 is 5.91 Å². The van der Waals surface area contributed by atoms with Crippen molar-refractivity contribution < 1.29 is 9.53 Å². The monoisotopic (exact) mass is 284 g/mol. The summed E-state index contributed by atoms with van der Waals surface area (Å²) in [6.45, 7) is 9.16. The summed E-state index contributed by atoms with van der Waals surface area (Å²) >= 11 is 0. The molecule has 20 heavy (non-hydrogen) atoms. The standard InChI is InChI=1S/C16H32N2O2/c1-5-7-8-11-17-16(19)13(4)20-15-10-9-12(3)18-14(15)6-2/h12-15,18H,5-11H2,1-4H3,(H,17,19). The van der Waals surface area contributed by atoms with Crippen molar-refractivity contribution in [3.8, 4) is 0 Å². The van der Waals surface area contributed by atoms with Crippen LogP contribution < -0.4 is 10.6 Å². The van der Waals surface area contributed by atoms with E-state index in [1.807, 2.05) is 6.92 Å². The summed E-state index contributed by atoms with van der Waals surface area (Å²) < 4.78 is 5.99. The number of hydrogen-bond acceptors (Lipinski definition) is 3. The molecule has 118 valence electrons. The van der Waals surface area contributed by atoms with Gasteiger partial charge in [-0.05, 0) is 39.5 Å². The van der Waals surface area contributed by atoms with Crippen LogP contribution >= 0.6 is 0 Å². The van der Waals surface area contributed by atoms with Gasteiger partial charge >= 0.3 is 0 Å². The highest BCUT2D eigenvalue weighted by atomic mass is 16.5. The molecule has 4 atom stereocenters. The summed E-state index contributed by atoms with van der Waals surface area (Å²) in [4.78, 5) is 12.0. The zero-order valence-corrected chi connectivity index (χ0v) is 13.6. The van der Waals surface area contributed by atoms with Crippen LogP contribution in [0.1, 0.15) is 66.2 Å². The maximum absolute atomic E-state index is 12.0. The fraction of sp³-hybridized carbons (Fsp3) is 0.938. The second-order valence-electron chi connectivity index (χ2n) is 5.97. The van der Waals surface area contributed by atoms with Crippen LogP contribution in [-0.2, 0) is 9.53 Å². The van der Waals surface area contributed by atoms with Crippen LogP contribution in [0.25, 0.3) is 0 Å². The van der Waals surface area contributed by atoms with Gasteiger partial charge in [0.2, 0.25) is 5.91 Å². The lowest BCUT2D eigenvalue weighted by atomic mass is 9.94. The molecule has 0 bridgehead atoms. The molecule has 0 aliphatic carbocycles. The van der Waals surface area contributed by atoms with Crippen LogP contribution in [0.3, 0.4) is 0 Å². The molecule has 0 radical (unpaired) electrons. The van der Waals surface area contributed by atoms with Crippen LogP contribution in [0.2, 0.25) is 0 Å². The molecule has 4 unspecified atom stereocenters. The van der Waals surface area contributed by atoms with Crippen LogP contribution in [0.15, 0.2) is 0 Å². The number of nitrogens with one attached hydrogen (secondary N) is 2. The van der Waals surface area contributed by atoms with E-state index in [2.05, 4.69) is 31.4 Å². The number of unbranched alkanes of at least 4 members (excludes halogenated alkanes) is 2. The Kier molecular flexibility index (Phi) is 8.15. The molecule has 0 spiro atoms. The first-order chi connectivity index (χ1) is 9.58. The molecule has 0 aromatic heterocycles. The Morgan fingerprint density at radius 1 is 1.35 bits per heavy atom. The van der Waals surface area contributed by atoms with Gasteiger partial charge in [0.25, 0.3) is 0 Å². The SMILES string of the molecule is CCCCCNC(=O)C(C)OC1CCC(C)NC1CC. The molecule has 1 saturated heterocycles. The number of amides is 1. The van der Waals surface area contributed by atoms with Gasteiger partial charge in [-0.3, -0.25) is 4.79 Å². The normalized spacial score (nSPS) is 28.1. The minimum Gasteiger partial charge on any atom is -0.364 e. The first kappa shape index (κ1) is 17.4. The Bertz CT molecular complexity index is 284. The molecule has 4 heteroatoms. The van der Waals surface area contributed by atoms with E-state index in [1.165, 1.54) is 6.42 Å². The predicted molar refractivity (Wildman–Crippen MR) is 82.8 cm³/mol. The van der Waals surface area contributed by atoms with E-state index in [9.17, 15) is 4.79 Å². The van der Waals surface area contributed by atoms with E-state index < -0.39 is 0 Å². The van der Waals surface area contributed by atoms with Crippen LogP contribution in [-0.4, -0.2) is 36.7 Å². The Morgan fingerprint density at radius 3 is 2.75 bits per heavy atom. The average molecular weight is 284 g/mol. The van der Waals surface area contributed by atoms with Crippen molar-refractivity contribution in [1.29, 1.82) is 0 Å². The fourth-order valence-electron chi connectivity index (χ4n) is 2.77. The maximum atomic E-state index is 12.0. The first-order valence-corrected chi connectivity index (χ1v) is 8.27. The topological polar surface area (TPSA) is 50.4 Å². The fourth-order valence-corrected chi connectivity index (χ4v) is 2.77. The Morgan fingerprint density at radius 2 is 2.10 bits per heavy atom. The molecule has 1 heterocycles. The molecule has 4 nitrogen and oxygen atoms in total. The summed E-state index contributed by atoms with van der Waals surface area (Å²) in [5.74, 6) is 0.0228. The van der Waals surface area contributed by atoms with Gasteiger partial charge in [-0.25, -0.2) is 0 Å². The minimum atomic E-state index is -0.356. The van der Waals surface area contributed by atoms with Gasteiger partial charge in [-0.1, -0.05) is 26.7 Å². The molecule has 0 aromatic carbocycles. The molecule has 1 aliphatic heterocycles. The highest BCUT2D eigenvalue weighted by Crippen LogP contribution is 2.20. The molecule has 0 aromatic rings. The van der Waals surface area contributed by atoms with Gasteiger partial charge in [0.1, 0.15) is 6.10 Å². The summed E-state index contributed by atoms with van der Waals surface area (Å²) in [6.07, 6.45) is 6.39. The van der Waals surface area contributed by atoms with E-state index in [0.717, 1.165) is 38.6 Å². The van der Waals surface area contributed by atoms with E-state index in [4.69, 9.17) is 4.74 Å². The molecule has 1 amide bonds. The van der Waals surface area contributed by atoms with Crippen molar-refractivity contribution in [3.63, 3.8) is 0 Å².